The molecule has 0 aliphatic carbocycles. The third-order valence-electron chi connectivity index (χ3n) is 5.24. The number of hydrogen-bond donors (Lipinski definition) is 2. The van der Waals surface area contributed by atoms with Crippen LogP contribution in [0.25, 0.3) is 0 Å². The molecule has 0 spiro atoms. The Bertz CT molecular complexity index is 620. The quantitative estimate of drug-likeness (QED) is 0.868. The molecular formula is C20H29N3O3. The fourth-order valence-electron chi connectivity index (χ4n) is 3.50. The molecule has 2 aliphatic rings. The number of nitrogens with zero attached hydrogens (tertiary/aromatic N) is 1. The van der Waals surface area contributed by atoms with E-state index in [1.54, 1.807) is 12.1 Å². The number of rotatable bonds is 4. The first-order valence-electron chi connectivity index (χ1n) is 9.64. The number of carbonyl (C=O) groups excluding carboxylic acids is 2. The van der Waals surface area contributed by atoms with Crippen molar-refractivity contribution in [2.75, 3.05) is 38.2 Å². The summed E-state index contributed by atoms with van der Waals surface area (Å²) in [6.45, 7) is 5.97. The number of ether oxygens (including phenoxy) is 1. The highest BCUT2D eigenvalue weighted by Gasteiger charge is 2.21. The van der Waals surface area contributed by atoms with E-state index in [2.05, 4.69) is 17.6 Å². The van der Waals surface area contributed by atoms with E-state index in [1.165, 1.54) is 0 Å². The minimum Gasteiger partial charge on any atom is -0.381 e. The number of hydrogen-bond acceptors (Lipinski definition) is 3. The lowest BCUT2D eigenvalue weighted by atomic mass is 9.98. The van der Waals surface area contributed by atoms with Crippen molar-refractivity contribution in [3.8, 4) is 0 Å². The summed E-state index contributed by atoms with van der Waals surface area (Å²) in [4.78, 5) is 26.7. The van der Waals surface area contributed by atoms with Gasteiger partial charge in [0.2, 0.25) is 0 Å². The van der Waals surface area contributed by atoms with E-state index in [1.807, 2.05) is 17.0 Å². The van der Waals surface area contributed by atoms with Crippen LogP contribution < -0.4 is 10.6 Å². The normalized spacial score (nSPS) is 21.3. The third kappa shape index (κ3) is 5.21. The molecule has 3 amide bonds. The van der Waals surface area contributed by atoms with Crippen molar-refractivity contribution in [3.05, 3.63) is 29.8 Å². The Hall–Kier alpha value is -2.08. The fourth-order valence-corrected chi connectivity index (χ4v) is 3.50. The van der Waals surface area contributed by atoms with E-state index in [-0.39, 0.29) is 11.9 Å². The van der Waals surface area contributed by atoms with E-state index in [0.29, 0.717) is 36.2 Å². The Balaban J connectivity index is 1.51. The van der Waals surface area contributed by atoms with Crippen LogP contribution >= 0.6 is 0 Å². The van der Waals surface area contributed by atoms with Crippen molar-refractivity contribution >= 4 is 17.6 Å². The van der Waals surface area contributed by atoms with Crippen molar-refractivity contribution in [1.29, 1.82) is 0 Å². The molecule has 142 valence electrons. The molecule has 6 nitrogen and oxygen atoms in total. The van der Waals surface area contributed by atoms with Crippen LogP contribution in [0.1, 0.15) is 43.0 Å². The highest BCUT2D eigenvalue weighted by atomic mass is 16.5. The molecule has 1 aromatic carbocycles. The molecule has 0 bridgehead atoms. The number of amides is 3. The minimum atomic E-state index is -0.244. The molecular weight excluding hydrogens is 330 g/mol. The van der Waals surface area contributed by atoms with Crippen LogP contribution in [0, 0.1) is 11.8 Å². The summed E-state index contributed by atoms with van der Waals surface area (Å²) in [7, 11) is 0. The number of piperidine rings is 1. The number of nitrogens with one attached hydrogen (secondary N) is 2. The average Bonchev–Trinajstić information content (AvgIpc) is 2.67. The summed E-state index contributed by atoms with van der Waals surface area (Å²) in [5.41, 5.74) is 1.26. The molecule has 1 atom stereocenters. The Morgan fingerprint density at radius 3 is 2.77 bits per heavy atom. The number of carbonyl (C=O) groups is 2. The first-order chi connectivity index (χ1) is 12.6. The van der Waals surface area contributed by atoms with Crippen molar-refractivity contribution in [2.24, 2.45) is 11.8 Å². The van der Waals surface area contributed by atoms with Gasteiger partial charge < -0.3 is 20.3 Å². The van der Waals surface area contributed by atoms with Gasteiger partial charge in [-0.3, -0.25) is 4.79 Å². The molecule has 6 heteroatoms. The smallest absolute Gasteiger partial charge is 0.319 e. The Labute approximate surface area is 155 Å². The zero-order valence-corrected chi connectivity index (χ0v) is 15.5. The van der Waals surface area contributed by atoms with Crippen LogP contribution in [0.5, 0.6) is 0 Å². The standard InChI is InChI=1S/C20H29N3O3/c1-15-7-9-23(10-8-15)19(24)17-5-2-6-18(12-17)22-20(25)21-13-16-4-3-11-26-14-16/h2,5-6,12,15-16H,3-4,7-11,13-14H2,1H3,(H2,21,22,25). The summed E-state index contributed by atoms with van der Waals surface area (Å²) in [5.74, 6) is 1.11. The molecule has 0 saturated carbocycles. The Kier molecular flexibility index (Phi) is 6.50. The van der Waals surface area contributed by atoms with Gasteiger partial charge in [0.1, 0.15) is 0 Å². The Morgan fingerprint density at radius 2 is 2.04 bits per heavy atom. The maximum absolute atomic E-state index is 12.7. The molecule has 2 heterocycles. The maximum Gasteiger partial charge on any atom is 0.319 e. The lowest BCUT2D eigenvalue weighted by Crippen LogP contribution is -2.38. The van der Waals surface area contributed by atoms with Gasteiger partial charge in [0, 0.05) is 37.5 Å². The monoisotopic (exact) mass is 359 g/mol. The van der Waals surface area contributed by atoms with Crippen LogP contribution in [-0.2, 0) is 4.74 Å². The summed E-state index contributed by atoms with van der Waals surface area (Å²) >= 11 is 0. The van der Waals surface area contributed by atoms with Gasteiger partial charge in [-0.2, -0.15) is 0 Å². The van der Waals surface area contributed by atoms with Gasteiger partial charge in [0.15, 0.2) is 0 Å². The first kappa shape index (κ1) is 18.7. The fraction of sp³-hybridized carbons (Fsp3) is 0.600. The number of anilines is 1. The van der Waals surface area contributed by atoms with E-state index in [0.717, 1.165) is 45.4 Å². The summed E-state index contributed by atoms with van der Waals surface area (Å²) < 4.78 is 5.43. The highest BCUT2D eigenvalue weighted by Crippen LogP contribution is 2.19. The van der Waals surface area contributed by atoms with Gasteiger partial charge in [-0.25, -0.2) is 4.79 Å². The largest absolute Gasteiger partial charge is 0.381 e. The van der Waals surface area contributed by atoms with Crippen LogP contribution in [0.3, 0.4) is 0 Å². The Morgan fingerprint density at radius 1 is 1.23 bits per heavy atom. The van der Waals surface area contributed by atoms with Crippen LogP contribution in [0.4, 0.5) is 10.5 Å². The van der Waals surface area contributed by atoms with Gasteiger partial charge in [-0.05, 0) is 55.7 Å². The average molecular weight is 359 g/mol. The number of likely N-dealkylation sites (tertiary alicyclic amines) is 1. The molecule has 0 aromatic heterocycles. The molecule has 2 N–H and O–H groups in total. The maximum atomic E-state index is 12.7. The second-order valence-corrected chi connectivity index (χ2v) is 7.47. The van der Waals surface area contributed by atoms with Crippen LogP contribution in [-0.4, -0.2) is 49.7 Å². The molecule has 26 heavy (non-hydrogen) atoms. The van der Waals surface area contributed by atoms with Gasteiger partial charge in [-0.15, -0.1) is 0 Å². The van der Waals surface area contributed by atoms with Crippen LogP contribution in [0.15, 0.2) is 24.3 Å². The van der Waals surface area contributed by atoms with Crippen molar-refractivity contribution < 1.29 is 14.3 Å². The first-order valence-corrected chi connectivity index (χ1v) is 9.64. The summed E-state index contributed by atoms with van der Waals surface area (Å²) in [6, 6.07) is 6.93. The lowest BCUT2D eigenvalue weighted by Gasteiger charge is -2.30. The number of urea groups is 1. The molecule has 2 fully saturated rings. The minimum absolute atomic E-state index is 0.0420. The van der Waals surface area contributed by atoms with Crippen molar-refractivity contribution in [1.82, 2.24) is 10.2 Å². The molecule has 2 saturated heterocycles. The second kappa shape index (κ2) is 9.03. The van der Waals surface area contributed by atoms with E-state index >= 15 is 0 Å². The van der Waals surface area contributed by atoms with Crippen LogP contribution in [0.2, 0.25) is 0 Å². The van der Waals surface area contributed by atoms with Gasteiger partial charge in [0.05, 0.1) is 6.61 Å². The van der Waals surface area contributed by atoms with E-state index in [9.17, 15) is 9.59 Å². The van der Waals surface area contributed by atoms with Gasteiger partial charge in [-0.1, -0.05) is 13.0 Å². The third-order valence-corrected chi connectivity index (χ3v) is 5.24. The van der Waals surface area contributed by atoms with E-state index < -0.39 is 0 Å². The lowest BCUT2D eigenvalue weighted by molar-refractivity contribution is 0.0559. The van der Waals surface area contributed by atoms with Gasteiger partial charge in [0.25, 0.3) is 5.91 Å². The SMILES string of the molecule is CC1CCN(C(=O)c2cccc(NC(=O)NCC3CCCOC3)c2)CC1. The zero-order valence-electron chi connectivity index (χ0n) is 15.5. The predicted molar refractivity (Wildman–Crippen MR) is 101 cm³/mol. The van der Waals surface area contributed by atoms with Crippen molar-refractivity contribution in [3.63, 3.8) is 0 Å². The zero-order chi connectivity index (χ0) is 18.4. The molecule has 0 radical (unpaired) electrons. The highest BCUT2D eigenvalue weighted by molar-refractivity contribution is 5.97. The number of benzene rings is 1. The van der Waals surface area contributed by atoms with E-state index in [4.69, 9.17) is 4.74 Å². The topological polar surface area (TPSA) is 70.7 Å². The molecule has 3 rings (SSSR count). The summed E-state index contributed by atoms with van der Waals surface area (Å²) in [6.07, 6.45) is 4.24. The second-order valence-electron chi connectivity index (χ2n) is 7.47. The van der Waals surface area contributed by atoms with Gasteiger partial charge >= 0.3 is 6.03 Å². The molecule has 1 unspecified atom stereocenters. The molecule has 2 aliphatic heterocycles. The van der Waals surface area contributed by atoms with Crippen molar-refractivity contribution in [2.45, 2.75) is 32.6 Å². The molecule has 1 aromatic rings. The predicted octanol–water partition coefficient (Wildman–Crippen LogP) is 3.11. The summed E-state index contributed by atoms with van der Waals surface area (Å²) in [5, 5.41) is 5.72.